The number of aromatic nitrogens is 4. The number of rotatable bonds is 2. The lowest BCUT2D eigenvalue weighted by Gasteiger charge is -2.00. The van der Waals surface area contributed by atoms with Crippen molar-refractivity contribution < 1.29 is 0 Å². The first kappa shape index (κ1) is 10.4. The summed E-state index contributed by atoms with van der Waals surface area (Å²) in [5.74, 6) is 2.46. The lowest BCUT2D eigenvalue weighted by atomic mass is 10.2. The Morgan fingerprint density at radius 2 is 2.06 bits per heavy atom. The Morgan fingerprint density at radius 1 is 1.35 bits per heavy atom. The summed E-state index contributed by atoms with van der Waals surface area (Å²) in [6, 6.07) is 0. The number of hydrogen-bond donors (Lipinski definition) is 1. The summed E-state index contributed by atoms with van der Waals surface area (Å²) in [6.45, 7) is 2.03. The van der Waals surface area contributed by atoms with Gasteiger partial charge < -0.3 is 10.3 Å². The minimum absolute atomic E-state index is 0.605. The average Bonchev–Trinajstić information content (AvgIpc) is 3.04. The van der Waals surface area contributed by atoms with E-state index < -0.39 is 0 Å². The predicted molar refractivity (Wildman–Crippen MR) is 66.5 cm³/mol. The maximum absolute atomic E-state index is 6.14. The molecule has 2 N–H and O–H groups in total. The second-order valence-electron chi connectivity index (χ2n) is 4.80. The molecule has 2 aromatic rings. The van der Waals surface area contributed by atoms with Crippen LogP contribution in [0, 0.1) is 6.92 Å². The smallest absolute Gasteiger partial charge is 0.131 e. The quantitative estimate of drug-likeness (QED) is 0.853. The van der Waals surface area contributed by atoms with Gasteiger partial charge in [0.2, 0.25) is 0 Å². The Bertz CT molecular complexity index is 574. The van der Waals surface area contributed by atoms with Crippen LogP contribution in [-0.2, 0) is 14.1 Å². The van der Waals surface area contributed by atoms with Gasteiger partial charge in [-0.25, -0.2) is 4.98 Å². The fraction of sp³-hybridized carbons (Fsp3) is 0.500. The third kappa shape index (κ3) is 1.45. The molecule has 1 aliphatic rings. The van der Waals surface area contributed by atoms with Crippen LogP contribution in [0.3, 0.4) is 0 Å². The van der Waals surface area contributed by atoms with Crippen molar-refractivity contribution >= 4 is 5.82 Å². The Hall–Kier alpha value is -1.78. The van der Waals surface area contributed by atoms with Crippen LogP contribution < -0.4 is 5.73 Å². The van der Waals surface area contributed by atoms with Crippen LogP contribution in [0.2, 0.25) is 0 Å². The second kappa shape index (κ2) is 3.35. The highest BCUT2D eigenvalue weighted by Crippen LogP contribution is 2.41. The van der Waals surface area contributed by atoms with Gasteiger partial charge in [-0.05, 0) is 19.8 Å². The van der Waals surface area contributed by atoms with E-state index in [-0.39, 0.29) is 0 Å². The van der Waals surface area contributed by atoms with E-state index >= 15 is 0 Å². The number of imidazole rings is 1. The zero-order valence-corrected chi connectivity index (χ0v) is 10.4. The molecular formula is C12H17N5. The molecular weight excluding hydrogens is 214 g/mol. The lowest BCUT2D eigenvalue weighted by molar-refractivity contribution is 0.740. The summed E-state index contributed by atoms with van der Waals surface area (Å²) in [5.41, 5.74) is 9.15. The van der Waals surface area contributed by atoms with Crippen molar-refractivity contribution in [3.05, 3.63) is 17.7 Å². The Morgan fingerprint density at radius 3 is 2.59 bits per heavy atom. The van der Waals surface area contributed by atoms with E-state index in [0.29, 0.717) is 5.92 Å². The van der Waals surface area contributed by atoms with Crippen molar-refractivity contribution in [2.45, 2.75) is 25.7 Å². The molecule has 0 saturated heterocycles. The summed E-state index contributed by atoms with van der Waals surface area (Å²) in [7, 11) is 3.92. The van der Waals surface area contributed by atoms with Gasteiger partial charge in [0.05, 0.1) is 6.20 Å². The number of hydrogen-bond acceptors (Lipinski definition) is 3. The van der Waals surface area contributed by atoms with E-state index in [1.165, 1.54) is 12.8 Å². The minimum atomic E-state index is 0.605. The normalized spacial score (nSPS) is 15.5. The highest BCUT2D eigenvalue weighted by atomic mass is 15.3. The van der Waals surface area contributed by atoms with Crippen LogP contribution in [0.15, 0.2) is 6.20 Å². The SMILES string of the molecule is Cc1c(-c2nc(C3CC3)n(C)c2N)cnn1C. The Kier molecular flexibility index (Phi) is 2.05. The molecule has 1 fully saturated rings. The molecule has 17 heavy (non-hydrogen) atoms. The first-order chi connectivity index (χ1) is 8.09. The summed E-state index contributed by atoms with van der Waals surface area (Å²) >= 11 is 0. The van der Waals surface area contributed by atoms with Crippen LogP contribution in [0.1, 0.15) is 30.3 Å². The third-order valence-corrected chi connectivity index (χ3v) is 3.61. The van der Waals surface area contributed by atoms with Crippen molar-refractivity contribution in [2.75, 3.05) is 5.73 Å². The molecule has 0 radical (unpaired) electrons. The van der Waals surface area contributed by atoms with Gasteiger partial charge in [-0.15, -0.1) is 0 Å². The maximum atomic E-state index is 6.14. The van der Waals surface area contributed by atoms with E-state index in [1.54, 1.807) is 0 Å². The summed E-state index contributed by atoms with van der Waals surface area (Å²) in [4.78, 5) is 4.70. The third-order valence-electron chi connectivity index (χ3n) is 3.61. The Balaban J connectivity index is 2.14. The van der Waals surface area contributed by atoms with Gasteiger partial charge in [0.25, 0.3) is 0 Å². The lowest BCUT2D eigenvalue weighted by Crippen LogP contribution is -2.00. The molecule has 2 heterocycles. The average molecular weight is 231 g/mol. The van der Waals surface area contributed by atoms with Gasteiger partial charge in [-0.3, -0.25) is 4.68 Å². The largest absolute Gasteiger partial charge is 0.383 e. The van der Waals surface area contributed by atoms with Crippen molar-refractivity contribution in [2.24, 2.45) is 14.1 Å². The van der Waals surface area contributed by atoms with Crippen molar-refractivity contribution in [3.8, 4) is 11.3 Å². The van der Waals surface area contributed by atoms with E-state index in [1.807, 2.05) is 36.5 Å². The summed E-state index contributed by atoms with van der Waals surface area (Å²) in [6.07, 6.45) is 4.30. The zero-order chi connectivity index (χ0) is 12.2. The number of nitrogens with zero attached hydrogens (tertiary/aromatic N) is 4. The van der Waals surface area contributed by atoms with Gasteiger partial charge in [0.1, 0.15) is 17.3 Å². The molecule has 0 amide bonds. The number of aryl methyl sites for hydroxylation is 1. The van der Waals surface area contributed by atoms with E-state index in [9.17, 15) is 0 Å². The molecule has 0 atom stereocenters. The maximum Gasteiger partial charge on any atom is 0.131 e. The number of nitrogen functional groups attached to an aromatic ring is 1. The van der Waals surface area contributed by atoms with Crippen LogP contribution in [0.5, 0.6) is 0 Å². The fourth-order valence-corrected chi connectivity index (χ4v) is 2.17. The molecule has 1 aliphatic carbocycles. The molecule has 0 bridgehead atoms. The van der Waals surface area contributed by atoms with Crippen LogP contribution in [0.4, 0.5) is 5.82 Å². The topological polar surface area (TPSA) is 61.7 Å². The molecule has 0 aromatic carbocycles. The highest BCUT2D eigenvalue weighted by molar-refractivity contribution is 5.72. The van der Waals surface area contributed by atoms with E-state index in [0.717, 1.165) is 28.6 Å². The van der Waals surface area contributed by atoms with Crippen LogP contribution in [0.25, 0.3) is 11.3 Å². The molecule has 1 saturated carbocycles. The van der Waals surface area contributed by atoms with Crippen molar-refractivity contribution in [1.82, 2.24) is 19.3 Å². The van der Waals surface area contributed by atoms with Gasteiger partial charge in [0.15, 0.2) is 0 Å². The number of anilines is 1. The molecule has 5 nitrogen and oxygen atoms in total. The van der Waals surface area contributed by atoms with E-state index in [4.69, 9.17) is 10.7 Å². The molecule has 90 valence electrons. The zero-order valence-electron chi connectivity index (χ0n) is 10.4. The van der Waals surface area contributed by atoms with Gasteiger partial charge >= 0.3 is 0 Å². The molecule has 2 aromatic heterocycles. The summed E-state index contributed by atoms with van der Waals surface area (Å²) in [5, 5.41) is 4.24. The monoisotopic (exact) mass is 231 g/mol. The first-order valence-electron chi connectivity index (χ1n) is 5.90. The molecule has 0 aliphatic heterocycles. The van der Waals surface area contributed by atoms with Crippen LogP contribution >= 0.6 is 0 Å². The number of nitrogens with two attached hydrogens (primary N) is 1. The van der Waals surface area contributed by atoms with Crippen molar-refractivity contribution in [3.63, 3.8) is 0 Å². The predicted octanol–water partition coefficient (Wildman–Crippen LogP) is 1.59. The van der Waals surface area contributed by atoms with Crippen molar-refractivity contribution in [1.29, 1.82) is 0 Å². The minimum Gasteiger partial charge on any atom is -0.383 e. The molecule has 0 unspecified atom stereocenters. The Labute approximate surface area is 100 Å². The second-order valence-corrected chi connectivity index (χ2v) is 4.80. The fourth-order valence-electron chi connectivity index (χ4n) is 2.17. The van der Waals surface area contributed by atoms with E-state index in [2.05, 4.69) is 5.10 Å². The van der Waals surface area contributed by atoms with Gasteiger partial charge in [0, 0.05) is 31.3 Å². The molecule has 3 rings (SSSR count). The highest BCUT2D eigenvalue weighted by Gasteiger charge is 2.30. The standard InChI is InChI=1S/C12H17N5/c1-7-9(6-14-17(7)3)10-11(13)16(2)12(15-10)8-4-5-8/h6,8H,4-5,13H2,1-3H3. The van der Waals surface area contributed by atoms with Gasteiger partial charge in [-0.2, -0.15) is 5.10 Å². The van der Waals surface area contributed by atoms with Gasteiger partial charge in [-0.1, -0.05) is 0 Å². The van der Waals surface area contributed by atoms with Crippen LogP contribution in [-0.4, -0.2) is 19.3 Å². The summed E-state index contributed by atoms with van der Waals surface area (Å²) < 4.78 is 3.86. The first-order valence-corrected chi connectivity index (χ1v) is 5.90. The molecule has 0 spiro atoms. The molecule has 5 heteroatoms.